The first-order chi connectivity index (χ1) is 8.56. The van der Waals surface area contributed by atoms with Crippen LogP contribution in [0.4, 0.5) is 0 Å². The van der Waals surface area contributed by atoms with Crippen LogP contribution in [0.25, 0.3) is 0 Å². The van der Waals surface area contributed by atoms with Gasteiger partial charge in [-0.05, 0) is 43.9 Å². The van der Waals surface area contributed by atoms with E-state index in [1.54, 1.807) is 0 Å². The average molecular weight is 287 g/mol. The number of hydrogen-bond acceptors (Lipinski definition) is 2. The van der Waals surface area contributed by atoms with Gasteiger partial charge in [0.05, 0.1) is 10.0 Å². The van der Waals surface area contributed by atoms with Crippen molar-refractivity contribution in [3.8, 4) is 0 Å². The maximum Gasteiger partial charge on any atom is 0.0595 e. The zero-order chi connectivity index (χ0) is 13.1. The van der Waals surface area contributed by atoms with E-state index in [1.165, 1.54) is 18.4 Å². The van der Waals surface area contributed by atoms with Crippen molar-refractivity contribution in [3.05, 3.63) is 33.8 Å². The highest BCUT2D eigenvalue weighted by Crippen LogP contribution is 2.27. The van der Waals surface area contributed by atoms with E-state index in [2.05, 4.69) is 12.2 Å². The van der Waals surface area contributed by atoms with Crippen LogP contribution in [0.1, 0.15) is 44.2 Å². The third-order valence-corrected chi connectivity index (χ3v) is 4.38. The Hall–Kier alpha value is -0.280. The fourth-order valence-corrected chi connectivity index (χ4v) is 2.92. The number of halogens is 2. The summed E-state index contributed by atoms with van der Waals surface area (Å²) in [5, 5.41) is 4.85. The van der Waals surface area contributed by atoms with Gasteiger partial charge in [0.15, 0.2) is 0 Å². The van der Waals surface area contributed by atoms with Crippen molar-refractivity contribution >= 4 is 23.2 Å². The Morgan fingerprint density at radius 2 is 2.06 bits per heavy atom. The number of rotatable bonds is 3. The Kier molecular flexibility index (Phi) is 4.91. The highest BCUT2D eigenvalue weighted by atomic mass is 35.5. The molecule has 0 saturated heterocycles. The van der Waals surface area contributed by atoms with E-state index >= 15 is 0 Å². The highest BCUT2D eigenvalue weighted by Gasteiger charge is 2.21. The third kappa shape index (κ3) is 3.61. The quantitative estimate of drug-likeness (QED) is 0.884. The van der Waals surface area contributed by atoms with Crippen LogP contribution in [-0.2, 0) is 0 Å². The van der Waals surface area contributed by atoms with Crippen molar-refractivity contribution in [1.29, 1.82) is 0 Å². The lowest BCUT2D eigenvalue weighted by Gasteiger charge is -2.30. The fourth-order valence-electron chi connectivity index (χ4n) is 2.61. The second-order valence-corrected chi connectivity index (χ2v) is 6.00. The number of benzene rings is 1. The van der Waals surface area contributed by atoms with Gasteiger partial charge in [-0.15, -0.1) is 0 Å². The molecule has 0 aliphatic heterocycles. The third-order valence-electron chi connectivity index (χ3n) is 3.64. The first-order valence-electron chi connectivity index (χ1n) is 6.53. The van der Waals surface area contributed by atoms with E-state index in [-0.39, 0.29) is 6.04 Å². The standard InChI is InChI=1S/C14H20Cl2N2/c1-9(10-5-6-13(15)14(16)7-10)18-12-4-2-3-11(17)8-12/h5-7,9,11-12,18H,2-4,8,17H2,1H3. The Morgan fingerprint density at radius 1 is 1.28 bits per heavy atom. The lowest BCUT2D eigenvalue weighted by atomic mass is 9.91. The van der Waals surface area contributed by atoms with Crippen molar-refractivity contribution in [2.24, 2.45) is 5.73 Å². The van der Waals surface area contributed by atoms with Crippen molar-refractivity contribution in [3.63, 3.8) is 0 Å². The molecule has 3 atom stereocenters. The van der Waals surface area contributed by atoms with E-state index in [0.29, 0.717) is 22.1 Å². The van der Waals surface area contributed by atoms with Crippen molar-refractivity contribution in [2.45, 2.75) is 50.7 Å². The van der Waals surface area contributed by atoms with Crippen molar-refractivity contribution in [1.82, 2.24) is 5.32 Å². The summed E-state index contributed by atoms with van der Waals surface area (Å²) in [7, 11) is 0. The van der Waals surface area contributed by atoms with Gasteiger partial charge in [-0.2, -0.15) is 0 Å². The molecule has 100 valence electrons. The summed E-state index contributed by atoms with van der Waals surface area (Å²) in [4.78, 5) is 0. The normalized spacial score (nSPS) is 26.0. The maximum absolute atomic E-state index is 6.04. The molecule has 1 fully saturated rings. The van der Waals surface area contributed by atoms with Gasteiger partial charge >= 0.3 is 0 Å². The fraction of sp³-hybridized carbons (Fsp3) is 0.571. The SMILES string of the molecule is CC(NC1CCCC(N)C1)c1ccc(Cl)c(Cl)c1. The predicted molar refractivity (Wildman–Crippen MR) is 78.2 cm³/mol. The minimum Gasteiger partial charge on any atom is -0.328 e. The van der Waals surface area contributed by atoms with Gasteiger partial charge in [0.1, 0.15) is 0 Å². The van der Waals surface area contributed by atoms with Crippen LogP contribution >= 0.6 is 23.2 Å². The molecular formula is C14H20Cl2N2. The number of hydrogen-bond donors (Lipinski definition) is 2. The van der Waals surface area contributed by atoms with E-state index in [0.717, 1.165) is 12.8 Å². The molecule has 18 heavy (non-hydrogen) atoms. The molecule has 0 aromatic heterocycles. The Bertz CT molecular complexity index is 409. The van der Waals surface area contributed by atoms with Crippen LogP contribution in [0.15, 0.2) is 18.2 Å². The van der Waals surface area contributed by atoms with Gasteiger partial charge in [-0.25, -0.2) is 0 Å². The van der Waals surface area contributed by atoms with E-state index in [1.807, 2.05) is 18.2 Å². The summed E-state index contributed by atoms with van der Waals surface area (Å²) in [6, 6.07) is 6.94. The molecule has 1 aliphatic rings. The summed E-state index contributed by atoms with van der Waals surface area (Å²) in [5.74, 6) is 0. The van der Waals surface area contributed by atoms with Crippen LogP contribution in [0.5, 0.6) is 0 Å². The topological polar surface area (TPSA) is 38.0 Å². The molecule has 1 aromatic rings. The molecule has 1 aliphatic carbocycles. The molecule has 1 saturated carbocycles. The average Bonchev–Trinajstić information content (AvgIpc) is 2.32. The molecule has 3 unspecified atom stereocenters. The molecule has 0 radical (unpaired) electrons. The summed E-state index contributed by atoms with van der Waals surface area (Å²) in [6.07, 6.45) is 4.64. The van der Waals surface area contributed by atoms with Gasteiger partial charge in [-0.1, -0.05) is 35.7 Å². The predicted octanol–water partition coefficient (Wildman–Crippen LogP) is 3.91. The minimum atomic E-state index is 0.273. The van der Waals surface area contributed by atoms with Gasteiger partial charge in [0.25, 0.3) is 0 Å². The molecule has 3 N–H and O–H groups in total. The lowest BCUT2D eigenvalue weighted by Crippen LogP contribution is -2.40. The summed E-state index contributed by atoms with van der Waals surface area (Å²) in [5.41, 5.74) is 7.17. The number of nitrogens with two attached hydrogens (primary N) is 1. The van der Waals surface area contributed by atoms with Gasteiger partial charge in [-0.3, -0.25) is 0 Å². The molecule has 0 spiro atoms. The van der Waals surface area contributed by atoms with Gasteiger partial charge < -0.3 is 11.1 Å². The van der Waals surface area contributed by atoms with Crippen LogP contribution < -0.4 is 11.1 Å². The van der Waals surface area contributed by atoms with E-state index in [4.69, 9.17) is 28.9 Å². The summed E-state index contributed by atoms with van der Waals surface area (Å²) < 4.78 is 0. The van der Waals surface area contributed by atoms with Gasteiger partial charge in [0, 0.05) is 18.1 Å². The molecule has 0 amide bonds. The minimum absolute atomic E-state index is 0.273. The van der Waals surface area contributed by atoms with Crippen LogP contribution in [-0.4, -0.2) is 12.1 Å². The molecule has 0 bridgehead atoms. The molecule has 1 aromatic carbocycles. The summed E-state index contributed by atoms with van der Waals surface area (Å²) >= 11 is 12.0. The maximum atomic E-state index is 6.04. The first-order valence-corrected chi connectivity index (χ1v) is 7.28. The lowest BCUT2D eigenvalue weighted by molar-refractivity contribution is 0.319. The van der Waals surface area contributed by atoms with Crippen LogP contribution in [0.2, 0.25) is 10.0 Å². The molecule has 2 rings (SSSR count). The van der Waals surface area contributed by atoms with Gasteiger partial charge in [0.2, 0.25) is 0 Å². The zero-order valence-electron chi connectivity index (χ0n) is 10.6. The van der Waals surface area contributed by atoms with E-state index in [9.17, 15) is 0 Å². The van der Waals surface area contributed by atoms with Crippen molar-refractivity contribution < 1.29 is 0 Å². The Labute approximate surface area is 119 Å². The molecule has 2 nitrogen and oxygen atoms in total. The second-order valence-electron chi connectivity index (χ2n) is 5.19. The zero-order valence-corrected chi connectivity index (χ0v) is 12.1. The Morgan fingerprint density at radius 3 is 2.72 bits per heavy atom. The highest BCUT2D eigenvalue weighted by molar-refractivity contribution is 6.42. The molecular weight excluding hydrogens is 267 g/mol. The largest absolute Gasteiger partial charge is 0.328 e. The molecule has 0 heterocycles. The number of nitrogens with one attached hydrogen (secondary N) is 1. The van der Waals surface area contributed by atoms with Crippen LogP contribution in [0, 0.1) is 0 Å². The van der Waals surface area contributed by atoms with Crippen molar-refractivity contribution in [2.75, 3.05) is 0 Å². The second kappa shape index (κ2) is 6.25. The molecule has 4 heteroatoms. The smallest absolute Gasteiger partial charge is 0.0595 e. The summed E-state index contributed by atoms with van der Waals surface area (Å²) in [6.45, 7) is 2.15. The van der Waals surface area contributed by atoms with E-state index < -0.39 is 0 Å². The first kappa shape index (κ1) is 14.1. The monoisotopic (exact) mass is 286 g/mol. The Balaban J connectivity index is 1.98. The van der Waals surface area contributed by atoms with Crippen LogP contribution in [0.3, 0.4) is 0 Å².